The van der Waals surface area contributed by atoms with Crippen LogP contribution in [-0.4, -0.2) is 59.3 Å². The Morgan fingerprint density at radius 1 is 1.07 bits per heavy atom. The van der Waals surface area contributed by atoms with Crippen LogP contribution in [0.4, 0.5) is 11.5 Å². The van der Waals surface area contributed by atoms with Crippen molar-refractivity contribution in [2.75, 3.05) is 50.0 Å². The molecular weight excluding hydrogens is 386 g/mol. The first-order chi connectivity index (χ1) is 14.2. The Morgan fingerprint density at radius 2 is 1.63 bits per heavy atom. The van der Waals surface area contributed by atoms with Gasteiger partial charge >= 0.3 is 5.69 Å². The maximum Gasteiger partial charge on any atom is 0.333 e. The van der Waals surface area contributed by atoms with Crippen molar-refractivity contribution < 1.29 is 9.53 Å². The van der Waals surface area contributed by atoms with Crippen molar-refractivity contribution in [2.24, 2.45) is 11.8 Å². The molecule has 2 heterocycles. The van der Waals surface area contributed by atoms with Crippen LogP contribution in [0.15, 0.2) is 9.59 Å². The molecule has 1 aliphatic rings. The van der Waals surface area contributed by atoms with E-state index in [4.69, 9.17) is 10.5 Å². The van der Waals surface area contributed by atoms with Crippen molar-refractivity contribution in [3.8, 4) is 0 Å². The van der Waals surface area contributed by atoms with Crippen molar-refractivity contribution in [3.05, 3.63) is 20.8 Å². The molecule has 0 bridgehead atoms. The third-order valence-electron chi connectivity index (χ3n) is 5.03. The molecule has 0 spiro atoms. The van der Waals surface area contributed by atoms with Gasteiger partial charge in [-0.05, 0) is 18.3 Å². The molecule has 0 atom stereocenters. The molecule has 1 aliphatic heterocycles. The number of rotatable bonds is 9. The van der Waals surface area contributed by atoms with Crippen LogP contribution in [0.25, 0.3) is 0 Å². The fraction of sp³-hybridized carbons (Fsp3) is 0.762. The summed E-state index contributed by atoms with van der Waals surface area (Å²) in [6, 6.07) is 0. The Bertz CT molecular complexity index is 827. The van der Waals surface area contributed by atoms with Crippen LogP contribution < -0.4 is 21.9 Å². The molecule has 0 saturated carbocycles. The number of hydrogen-bond acceptors (Lipinski definition) is 6. The number of hydrogen-bond donors (Lipinski definition) is 1. The van der Waals surface area contributed by atoms with Crippen molar-refractivity contribution in [1.82, 2.24) is 14.0 Å². The van der Waals surface area contributed by atoms with Crippen LogP contribution in [0.3, 0.4) is 0 Å². The number of morpholine rings is 1. The quantitative estimate of drug-likeness (QED) is 0.635. The van der Waals surface area contributed by atoms with E-state index in [1.807, 2.05) is 39.5 Å². The fourth-order valence-electron chi connectivity index (χ4n) is 3.76. The van der Waals surface area contributed by atoms with Gasteiger partial charge in [0.1, 0.15) is 18.1 Å². The van der Waals surface area contributed by atoms with E-state index in [0.717, 1.165) is 4.57 Å². The van der Waals surface area contributed by atoms with Crippen molar-refractivity contribution in [1.29, 1.82) is 0 Å². The number of nitrogens with zero attached hydrogens (tertiary/aromatic N) is 4. The lowest BCUT2D eigenvalue weighted by Gasteiger charge is -2.31. The lowest BCUT2D eigenvalue weighted by Crippen LogP contribution is -2.50. The maximum absolute atomic E-state index is 13.3. The summed E-state index contributed by atoms with van der Waals surface area (Å²) < 4.78 is 7.84. The van der Waals surface area contributed by atoms with Crippen molar-refractivity contribution in [2.45, 2.75) is 54.1 Å². The summed E-state index contributed by atoms with van der Waals surface area (Å²) in [5, 5.41) is 0. The molecule has 30 heavy (non-hydrogen) atoms. The summed E-state index contributed by atoms with van der Waals surface area (Å²) >= 11 is 0. The minimum Gasteiger partial charge on any atom is -0.383 e. The Labute approximate surface area is 178 Å². The Kier molecular flexibility index (Phi) is 8.52. The van der Waals surface area contributed by atoms with Gasteiger partial charge in [0, 0.05) is 32.7 Å². The topological polar surface area (TPSA) is 103 Å². The van der Waals surface area contributed by atoms with Gasteiger partial charge in [-0.3, -0.25) is 14.2 Å². The van der Waals surface area contributed by atoms with Crippen LogP contribution in [0.1, 0.15) is 41.0 Å². The summed E-state index contributed by atoms with van der Waals surface area (Å²) in [6.07, 6.45) is 0.686. The number of nitrogen functional groups attached to an aromatic ring is 1. The van der Waals surface area contributed by atoms with Gasteiger partial charge in [0.05, 0.1) is 13.2 Å². The second-order valence-electron chi connectivity index (χ2n) is 8.75. The summed E-state index contributed by atoms with van der Waals surface area (Å²) in [5.74, 6) is 0.518. The minimum atomic E-state index is -0.529. The number of anilines is 2. The van der Waals surface area contributed by atoms with Crippen LogP contribution >= 0.6 is 0 Å². The molecule has 1 aromatic heterocycles. The highest BCUT2D eigenvalue weighted by molar-refractivity contribution is 5.76. The molecule has 9 heteroatoms. The average molecular weight is 424 g/mol. The highest BCUT2D eigenvalue weighted by Gasteiger charge is 2.26. The van der Waals surface area contributed by atoms with E-state index in [-0.39, 0.29) is 30.1 Å². The second kappa shape index (κ2) is 10.7. The van der Waals surface area contributed by atoms with Crippen LogP contribution in [0.2, 0.25) is 0 Å². The van der Waals surface area contributed by atoms with Gasteiger partial charge in [0.25, 0.3) is 5.56 Å². The van der Waals surface area contributed by atoms with E-state index in [2.05, 4.69) is 0 Å². The van der Waals surface area contributed by atoms with E-state index in [0.29, 0.717) is 58.0 Å². The highest BCUT2D eigenvalue weighted by atomic mass is 16.5. The smallest absolute Gasteiger partial charge is 0.333 e. The number of amides is 1. The molecule has 1 saturated heterocycles. The summed E-state index contributed by atoms with van der Waals surface area (Å²) in [7, 11) is 0. The largest absolute Gasteiger partial charge is 0.383 e. The Hall–Kier alpha value is -2.29. The Morgan fingerprint density at radius 3 is 2.13 bits per heavy atom. The number of nitrogens with two attached hydrogens (primary N) is 1. The van der Waals surface area contributed by atoms with Crippen LogP contribution in [0, 0.1) is 11.8 Å². The van der Waals surface area contributed by atoms with Crippen LogP contribution in [0.5, 0.6) is 0 Å². The molecule has 1 fully saturated rings. The second-order valence-corrected chi connectivity index (χ2v) is 8.75. The Balaban J connectivity index is 2.49. The predicted octanol–water partition coefficient (Wildman–Crippen LogP) is 0.979. The van der Waals surface area contributed by atoms with Crippen molar-refractivity contribution >= 4 is 17.4 Å². The summed E-state index contributed by atoms with van der Waals surface area (Å²) in [4.78, 5) is 43.0. The van der Waals surface area contributed by atoms with Crippen LogP contribution in [-0.2, 0) is 22.6 Å². The van der Waals surface area contributed by atoms with Gasteiger partial charge in [0.15, 0.2) is 0 Å². The first-order valence-corrected chi connectivity index (χ1v) is 10.9. The minimum absolute atomic E-state index is 0.165. The number of carbonyl (C=O) groups is 1. The SMILES string of the molecule is CCCn1c(N)c(N2CCOCC2)c(=O)n(CC(=O)N(CC(C)C)CC(C)C)c1=O. The molecule has 0 unspecified atom stereocenters. The average Bonchev–Trinajstić information content (AvgIpc) is 2.68. The van der Waals surface area contributed by atoms with Gasteiger partial charge < -0.3 is 20.3 Å². The highest BCUT2D eigenvalue weighted by Crippen LogP contribution is 2.18. The molecular formula is C21H37N5O4. The number of ether oxygens (including phenoxy) is 1. The van der Waals surface area contributed by atoms with Crippen molar-refractivity contribution in [3.63, 3.8) is 0 Å². The van der Waals surface area contributed by atoms with E-state index >= 15 is 0 Å². The molecule has 1 aromatic rings. The first-order valence-electron chi connectivity index (χ1n) is 10.9. The van der Waals surface area contributed by atoms with Gasteiger partial charge in [-0.25, -0.2) is 9.36 Å². The third-order valence-corrected chi connectivity index (χ3v) is 5.03. The molecule has 1 amide bonds. The number of carbonyl (C=O) groups excluding carboxylic acids is 1. The van der Waals surface area contributed by atoms with E-state index in [1.54, 1.807) is 4.90 Å². The summed E-state index contributed by atoms with van der Waals surface area (Å²) in [6.45, 7) is 13.4. The zero-order chi connectivity index (χ0) is 22.4. The first kappa shape index (κ1) is 24.0. The maximum atomic E-state index is 13.3. The predicted molar refractivity (Wildman–Crippen MR) is 119 cm³/mol. The molecule has 0 aromatic carbocycles. The molecule has 0 aliphatic carbocycles. The van der Waals surface area contributed by atoms with E-state index in [9.17, 15) is 14.4 Å². The zero-order valence-corrected chi connectivity index (χ0v) is 19.0. The normalized spacial score (nSPS) is 14.6. The van der Waals surface area contributed by atoms with Gasteiger partial charge in [-0.15, -0.1) is 0 Å². The molecule has 2 rings (SSSR count). The van der Waals surface area contributed by atoms with E-state index in [1.165, 1.54) is 4.57 Å². The monoisotopic (exact) mass is 423 g/mol. The van der Waals surface area contributed by atoms with Gasteiger partial charge in [-0.2, -0.15) is 0 Å². The molecule has 9 nitrogen and oxygen atoms in total. The van der Waals surface area contributed by atoms with E-state index < -0.39 is 11.2 Å². The fourth-order valence-corrected chi connectivity index (χ4v) is 3.76. The summed E-state index contributed by atoms with van der Waals surface area (Å²) in [5.41, 5.74) is 5.52. The molecule has 2 N–H and O–H groups in total. The zero-order valence-electron chi connectivity index (χ0n) is 19.0. The molecule has 170 valence electrons. The van der Waals surface area contributed by atoms with Gasteiger partial charge in [0.2, 0.25) is 5.91 Å². The lowest BCUT2D eigenvalue weighted by atomic mass is 10.1. The lowest BCUT2D eigenvalue weighted by molar-refractivity contribution is -0.133. The number of aromatic nitrogens is 2. The standard InChI is InChI=1S/C21H37N5O4/c1-6-7-25-19(22)18(23-8-10-30-11-9-23)20(28)26(21(25)29)14-17(27)24(12-15(2)3)13-16(4)5/h15-16H,6-14,22H2,1-5H3. The third kappa shape index (κ3) is 5.65. The van der Waals surface area contributed by atoms with Gasteiger partial charge in [-0.1, -0.05) is 34.6 Å². The molecule has 0 radical (unpaired) electrons.